The Balaban J connectivity index is 2.04. The summed E-state index contributed by atoms with van der Waals surface area (Å²) in [5.41, 5.74) is 0. The topological polar surface area (TPSA) is 0 Å². The highest BCUT2D eigenvalue weighted by molar-refractivity contribution is 5.22. The summed E-state index contributed by atoms with van der Waals surface area (Å²) in [5, 5.41) is 0. The van der Waals surface area contributed by atoms with Crippen LogP contribution in [0.2, 0.25) is 0 Å². The highest BCUT2D eigenvalue weighted by Gasteiger charge is 2.43. The zero-order valence-electron chi connectivity index (χ0n) is 6.72. The van der Waals surface area contributed by atoms with E-state index in [2.05, 4.69) is 25.7 Å². The van der Waals surface area contributed by atoms with Gasteiger partial charge >= 0.3 is 0 Å². The molecule has 10 heavy (non-hydrogen) atoms. The predicted molar refractivity (Wildman–Crippen MR) is 42.3 cm³/mol. The Labute approximate surface area is 63.0 Å². The zero-order valence-corrected chi connectivity index (χ0v) is 6.72. The van der Waals surface area contributed by atoms with Gasteiger partial charge in [-0.1, -0.05) is 32.1 Å². The first-order valence-electron chi connectivity index (χ1n) is 4.34. The Morgan fingerprint density at radius 3 is 2.80 bits per heavy atom. The van der Waals surface area contributed by atoms with Gasteiger partial charge in [-0.15, -0.1) is 0 Å². The third-order valence-corrected chi connectivity index (χ3v) is 3.19. The summed E-state index contributed by atoms with van der Waals surface area (Å²) in [6, 6.07) is 0. The lowest BCUT2D eigenvalue weighted by Crippen LogP contribution is -2.35. The lowest BCUT2D eigenvalue weighted by atomic mass is 9.63. The second-order valence-electron chi connectivity index (χ2n) is 3.67. The van der Waals surface area contributed by atoms with E-state index in [0.717, 1.165) is 17.8 Å². The van der Waals surface area contributed by atoms with Crippen LogP contribution in [-0.2, 0) is 0 Å². The number of hydrogen-bond donors (Lipinski definition) is 0. The van der Waals surface area contributed by atoms with Crippen LogP contribution in [0.4, 0.5) is 0 Å². The minimum atomic E-state index is 0.702. The van der Waals surface area contributed by atoms with Crippen molar-refractivity contribution in [2.24, 2.45) is 23.7 Å². The van der Waals surface area contributed by atoms with Gasteiger partial charge in [-0.2, -0.15) is 0 Å². The fraction of sp³-hybridized carbons (Fsp3) is 0.800. The van der Waals surface area contributed by atoms with Crippen molar-refractivity contribution in [2.45, 2.75) is 26.7 Å². The molecule has 2 rings (SSSR count). The second-order valence-corrected chi connectivity index (χ2v) is 3.67. The molecule has 0 aromatic carbocycles. The first-order valence-corrected chi connectivity index (χ1v) is 4.34. The van der Waals surface area contributed by atoms with Gasteiger partial charge in [-0.3, -0.25) is 0 Å². The molecule has 0 amide bonds. The van der Waals surface area contributed by atoms with Crippen molar-refractivity contribution in [3.8, 4) is 11.8 Å². The summed E-state index contributed by atoms with van der Waals surface area (Å²) in [6.45, 7) is 4.55. The molecule has 0 radical (unpaired) electrons. The van der Waals surface area contributed by atoms with Gasteiger partial charge in [-0.05, 0) is 18.3 Å². The summed E-state index contributed by atoms with van der Waals surface area (Å²) in [7, 11) is 0. The van der Waals surface area contributed by atoms with Crippen molar-refractivity contribution >= 4 is 0 Å². The molecule has 1 fully saturated rings. The van der Waals surface area contributed by atoms with Gasteiger partial charge in [-0.25, -0.2) is 0 Å². The molecule has 2 aliphatic carbocycles. The molecule has 0 N–H and O–H groups in total. The highest BCUT2D eigenvalue weighted by atomic mass is 14.5. The summed E-state index contributed by atoms with van der Waals surface area (Å²) in [6.07, 6.45) is 2.77. The molecule has 0 aliphatic heterocycles. The van der Waals surface area contributed by atoms with E-state index in [1.54, 1.807) is 0 Å². The molecule has 0 heterocycles. The monoisotopic (exact) mass is 134 g/mol. The third-order valence-electron chi connectivity index (χ3n) is 3.19. The Morgan fingerprint density at radius 1 is 1.40 bits per heavy atom. The van der Waals surface area contributed by atoms with Crippen LogP contribution in [-0.4, -0.2) is 0 Å². The summed E-state index contributed by atoms with van der Waals surface area (Å²) < 4.78 is 0. The maximum atomic E-state index is 3.36. The molecule has 1 saturated carbocycles. The van der Waals surface area contributed by atoms with Crippen LogP contribution in [0, 0.1) is 35.5 Å². The molecule has 4 unspecified atom stereocenters. The maximum absolute atomic E-state index is 3.36. The van der Waals surface area contributed by atoms with E-state index < -0.39 is 0 Å². The Hall–Kier alpha value is -0.440. The molecule has 4 atom stereocenters. The molecular formula is C10H14. The fourth-order valence-electron chi connectivity index (χ4n) is 2.29. The van der Waals surface area contributed by atoms with E-state index in [4.69, 9.17) is 0 Å². The van der Waals surface area contributed by atoms with Gasteiger partial charge in [0.2, 0.25) is 0 Å². The highest BCUT2D eigenvalue weighted by Crippen LogP contribution is 2.48. The van der Waals surface area contributed by atoms with Crippen LogP contribution in [0.25, 0.3) is 0 Å². The molecule has 0 heteroatoms. The summed E-state index contributed by atoms with van der Waals surface area (Å²) >= 11 is 0. The van der Waals surface area contributed by atoms with E-state index >= 15 is 0 Å². The van der Waals surface area contributed by atoms with Crippen LogP contribution in [0.5, 0.6) is 0 Å². The molecule has 2 aliphatic rings. The Kier molecular flexibility index (Phi) is 1.27. The fourth-order valence-corrected chi connectivity index (χ4v) is 2.29. The van der Waals surface area contributed by atoms with Crippen molar-refractivity contribution in [2.75, 3.05) is 0 Å². The first kappa shape index (κ1) is 6.28. The van der Waals surface area contributed by atoms with E-state index in [1.165, 1.54) is 12.8 Å². The molecule has 0 aromatic rings. The van der Waals surface area contributed by atoms with Gasteiger partial charge in [0.1, 0.15) is 0 Å². The van der Waals surface area contributed by atoms with Gasteiger partial charge in [0, 0.05) is 11.8 Å². The minimum Gasteiger partial charge on any atom is -0.0995 e. The number of fused-ring (bicyclic) bond motifs is 1. The van der Waals surface area contributed by atoms with Crippen molar-refractivity contribution < 1.29 is 0 Å². The van der Waals surface area contributed by atoms with Crippen molar-refractivity contribution in [3.05, 3.63) is 0 Å². The SMILES string of the molecule is CCC1CC2C(C)C#CC12. The van der Waals surface area contributed by atoms with E-state index in [0.29, 0.717) is 5.92 Å². The van der Waals surface area contributed by atoms with Crippen LogP contribution in [0.15, 0.2) is 0 Å². The molecule has 0 spiro atoms. The molecule has 0 bridgehead atoms. The molecule has 54 valence electrons. The molecule has 0 nitrogen and oxygen atoms in total. The standard InChI is InChI=1S/C10H14/c1-3-8-6-10-7(2)4-5-9(8)10/h7-10H,3,6H2,1-2H3. The average molecular weight is 134 g/mol. The predicted octanol–water partition coefficient (Wildman–Crippen LogP) is 2.30. The van der Waals surface area contributed by atoms with Crippen LogP contribution >= 0.6 is 0 Å². The van der Waals surface area contributed by atoms with E-state index in [9.17, 15) is 0 Å². The van der Waals surface area contributed by atoms with Gasteiger partial charge in [0.05, 0.1) is 0 Å². The summed E-state index contributed by atoms with van der Waals surface area (Å²) in [5.74, 6) is 10.0. The molecular weight excluding hydrogens is 120 g/mol. The smallest absolute Gasteiger partial charge is 0.0271 e. The Bertz CT molecular complexity index is 194. The normalized spacial score (nSPS) is 49.0. The minimum absolute atomic E-state index is 0.702. The maximum Gasteiger partial charge on any atom is 0.0271 e. The largest absolute Gasteiger partial charge is 0.0995 e. The van der Waals surface area contributed by atoms with Crippen molar-refractivity contribution in [1.82, 2.24) is 0 Å². The Morgan fingerprint density at radius 2 is 2.20 bits per heavy atom. The summed E-state index contributed by atoms with van der Waals surface area (Å²) in [4.78, 5) is 0. The van der Waals surface area contributed by atoms with Crippen LogP contribution in [0.3, 0.4) is 0 Å². The molecule has 0 aromatic heterocycles. The van der Waals surface area contributed by atoms with Crippen LogP contribution in [0.1, 0.15) is 26.7 Å². The van der Waals surface area contributed by atoms with E-state index in [-0.39, 0.29) is 0 Å². The quantitative estimate of drug-likeness (QED) is 0.483. The zero-order chi connectivity index (χ0) is 7.14. The van der Waals surface area contributed by atoms with Crippen LogP contribution < -0.4 is 0 Å². The third kappa shape index (κ3) is 0.639. The molecule has 0 saturated heterocycles. The average Bonchev–Trinajstić information content (AvgIpc) is 2.10. The van der Waals surface area contributed by atoms with Gasteiger partial charge < -0.3 is 0 Å². The lowest BCUT2D eigenvalue weighted by molar-refractivity contribution is 0.101. The second kappa shape index (κ2) is 2.02. The van der Waals surface area contributed by atoms with Gasteiger partial charge in [0.25, 0.3) is 0 Å². The van der Waals surface area contributed by atoms with Crippen molar-refractivity contribution in [1.29, 1.82) is 0 Å². The van der Waals surface area contributed by atoms with Crippen molar-refractivity contribution in [3.63, 3.8) is 0 Å². The number of rotatable bonds is 1. The lowest BCUT2D eigenvalue weighted by Gasteiger charge is -2.40. The van der Waals surface area contributed by atoms with E-state index in [1.807, 2.05) is 0 Å². The first-order chi connectivity index (χ1) is 4.83. The van der Waals surface area contributed by atoms with Gasteiger partial charge in [0.15, 0.2) is 0 Å². The number of hydrogen-bond acceptors (Lipinski definition) is 0.